The van der Waals surface area contributed by atoms with E-state index in [4.69, 9.17) is 9.47 Å². The van der Waals surface area contributed by atoms with Crippen molar-refractivity contribution in [3.05, 3.63) is 40.8 Å². The number of fused-ring (bicyclic) bond motifs is 1. The summed E-state index contributed by atoms with van der Waals surface area (Å²) < 4.78 is 50.6. The lowest BCUT2D eigenvalue weighted by Gasteiger charge is -2.29. The second-order valence-corrected chi connectivity index (χ2v) is 11.0. The van der Waals surface area contributed by atoms with E-state index >= 15 is 0 Å². The van der Waals surface area contributed by atoms with Crippen molar-refractivity contribution in [1.29, 1.82) is 0 Å². The number of rotatable bonds is 7. The lowest BCUT2D eigenvalue weighted by molar-refractivity contribution is 0.0605. The molecule has 0 atom stereocenters. The van der Waals surface area contributed by atoms with Crippen molar-refractivity contribution in [2.75, 3.05) is 18.7 Å². The van der Waals surface area contributed by atoms with Crippen LogP contribution in [-0.2, 0) is 14.8 Å². The van der Waals surface area contributed by atoms with Crippen molar-refractivity contribution in [3.63, 3.8) is 0 Å². The van der Waals surface area contributed by atoms with E-state index in [0.29, 0.717) is 63.6 Å². The first-order valence-electron chi connectivity index (χ1n) is 10.7. The summed E-state index contributed by atoms with van der Waals surface area (Å²) in [6, 6.07) is 4.07. The normalized spacial score (nSPS) is 18.6. The molecule has 0 unspecified atom stereocenters. The number of carbonyl (C=O) groups excluding carboxylic acids is 1. The smallest absolute Gasteiger partial charge is 0.348 e. The highest BCUT2D eigenvalue weighted by Gasteiger charge is 2.26. The van der Waals surface area contributed by atoms with Crippen LogP contribution in [0.2, 0.25) is 0 Å². The van der Waals surface area contributed by atoms with E-state index in [1.807, 2.05) is 0 Å². The number of sulfonamides is 1. The molecule has 0 bridgehead atoms. The second-order valence-electron chi connectivity index (χ2n) is 8.20. The van der Waals surface area contributed by atoms with Gasteiger partial charge in [-0.3, -0.25) is 0 Å². The Morgan fingerprint density at radius 3 is 2.62 bits per heavy atom. The van der Waals surface area contributed by atoms with E-state index in [-0.39, 0.29) is 12.1 Å². The number of benzene rings is 1. The number of hydrogen-bond donors (Lipinski definition) is 2. The summed E-state index contributed by atoms with van der Waals surface area (Å²) in [6.45, 7) is 1.80. The lowest BCUT2D eigenvalue weighted by atomic mass is 9.93. The van der Waals surface area contributed by atoms with Gasteiger partial charge in [-0.15, -0.1) is 11.3 Å². The van der Waals surface area contributed by atoms with Crippen LogP contribution in [0.25, 0.3) is 10.2 Å². The van der Waals surface area contributed by atoms with E-state index in [0.717, 1.165) is 6.26 Å². The number of anilines is 2. The molecule has 2 heterocycles. The standard InChI is InChI=1S/C22H25FN4O5S2/c1-12-18-20(24-11-25-21(18)33-19(12)22(28)31-2)26-16-9-4-13(23)10-17(16)32-15-7-5-14(6-8-15)27-34(3,29)30/h4,9-11,14-15,27H,5-8H2,1-3H3,(H,24,25,26)/t14-,15-. The van der Waals surface area contributed by atoms with E-state index in [1.54, 1.807) is 13.0 Å². The van der Waals surface area contributed by atoms with Gasteiger partial charge in [0.1, 0.15) is 33.4 Å². The number of methoxy groups -OCH3 is 1. The fourth-order valence-electron chi connectivity index (χ4n) is 4.06. The van der Waals surface area contributed by atoms with Crippen LogP contribution in [0.1, 0.15) is 40.9 Å². The third kappa shape index (κ3) is 5.45. The number of carbonyl (C=O) groups is 1. The Morgan fingerprint density at radius 2 is 1.94 bits per heavy atom. The number of nitrogens with one attached hydrogen (secondary N) is 2. The fourth-order valence-corrected chi connectivity index (χ4v) is 5.97. The minimum atomic E-state index is -3.26. The van der Waals surface area contributed by atoms with Crippen LogP contribution >= 0.6 is 11.3 Å². The summed E-state index contributed by atoms with van der Waals surface area (Å²) in [4.78, 5) is 21.8. The van der Waals surface area contributed by atoms with Crippen LogP contribution in [-0.4, -0.2) is 49.9 Å². The van der Waals surface area contributed by atoms with Crippen LogP contribution in [0.5, 0.6) is 5.75 Å². The zero-order valence-corrected chi connectivity index (χ0v) is 20.6. The van der Waals surface area contributed by atoms with Gasteiger partial charge < -0.3 is 14.8 Å². The molecule has 0 spiro atoms. The van der Waals surface area contributed by atoms with Crippen LogP contribution in [0, 0.1) is 12.7 Å². The van der Waals surface area contributed by atoms with Crippen molar-refractivity contribution in [2.24, 2.45) is 0 Å². The molecule has 2 aromatic heterocycles. The van der Waals surface area contributed by atoms with Gasteiger partial charge in [0.2, 0.25) is 10.0 Å². The van der Waals surface area contributed by atoms with Crippen LogP contribution in [0.3, 0.4) is 0 Å². The first-order valence-corrected chi connectivity index (χ1v) is 13.4. The van der Waals surface area contributed by atoms with E-state index < -0.39 is 21.8 Å². The van der Waals surface area contributed by atoms with Gasteiger partial charge in [0.25, 0.3) is 0 Å². The largest absolute Gasteiger partial charge is 0.488 e. The molecule has 9 nitrogen and oxygen atoms in total. The Morgan fingerprint density at radius 1 is 1.21 bits per heavy atom. The SMILES string of the molecule is COC(=O)c1sc2ncnc(Nc3ccc(F)cc3O[C@H]3CC[C@H](NS(C)(=O)=O)CC3)c2c1C. The Kier molecular flexibility index (Phi) is 7.01. The summed E-state index contributed by atoms with van der Waals surface area (Å²) in [7, 11) is -1.94. The van der Waals surface area contributed by atoms with Gasteiger partial charge in [-0.25, -0.2) is 32.3 Å². The predicted molar refractivity (Wildman–Crippen MR) is 128 cm³/mol. The predicted octanol–water partition coefficient (Wildman–Crippen LogP) is 3.91. The number of hydrogen-bond acceptors (Lipinski definition) is 9. The molecule has 0 saturated heterocycles. The second kappa shape index (κ2) is 9.80. The lowest BCUT2D eigenvalue weighted by Crippen LogP contribution is -2.39. The molecule has 2 N–H and O–H groups in total. The average Bonchev–Trinajstić information content (AvgIpc) is 3.13. The molecule has 12 heteroatoms. The molecule has 1 aliphatic rings. The number of aromatic nitrogens is 2. The van der Waals surface area contributed by atoms with Crippen molar-refractivity contribution >= 4 is 49.1 Å². The molecular formula is C22H25FN4O5S2. The first-order chi connectivity index (χ1) is 16.1. The number of nitrogens with zero attached hydrogens (tertiary/aromatic N) is 2. The van der Waals surface area contributed by atoms with Crippen molar-refractivity contribution in [1.82, 2.24) is 14.7 Å². The minimum Gasteiger partial charge on any atom is -0.488 e. The number of esters is 1. The molecule has 182 valence electrons. The number of thiophene rings is 1. The number of ether oxygens (including phenoxy) is 2. The molecule has 0 radical (unpaired) electrons. The zero-order valence-electron chi connectivity index (χ0n) is 18.9. The van der Waals surface area contributed by atoms with Crippen molar-refractivity contribution in [3.8, 4) is 5.75 Å². The molecule has 1 aliphatic carbocycles. The van der Waals surface area contributed by atoms with Gasteiger partial charge in [-0.05, 0) is 50.3 Å². The third-order valence-electron chi connectivity index (χ3n) is 5.64. The summed E-state index contributed by atoms with van der Waals surface area (Å²) in [5.74, 6) is -0.0995. The number of halogens is 1. The molecule has 1 fully saturated rings. The maximum absolute atomic E-state index is 14.1. The molecular weight excluding hydrogens is 483 g/mol. The Balaban J connectivity index is 1.56. The maximum Gasteiger partial charge on any atom is 0.348 e. The zero-order chi connectivity index (χ0) is 24.5. The van der Waals surface area contributed by atoms with Gasteiger partial charge in [0.05, 0.1) is 30.5 Å². The number of aryl methyl sites for hydroxylation is 1. The average molecular weight is 509 g/mol. The van der Waals surface area contributed by atoms with Crippen molar-refractivity contribution in [2.45, 2.75) is 44.8 Å². The molecule has 1 saturated carbocycles. The van der Waals surface area contributed by atoms with E-state index in [2.05, 4.69) is 20.0 Å². The highest BCUT2D eigenvalue weighted by molar-refractivity contribution is 7.88. The Hall–Kier alpha value is -2.83. The summed E-state index contributed by atoms with van der Waals surface area (Å²) in [5.41, 5.74) is 1.21. The van der Waals surface area contributed by atoms with Crippen LogP contribution < -0.4 is 14.8 Å². The summed E-state index contributed by atoms with van der Waals surface area (Å²) >= 11 is 1.21. The van der Waals surface area contributed by atoms with E-state index in [1.165, 1.54) is 36.9 Å². The summed E-state index contributed by atoms with van der Waals surface area (Å²) in [5, 5.41) is 3.88. The molecule has 0 aliphatic heterocycles. The molecule has 1 aromatic carbocycles. The highest BCUT2D eigenvalue weighted by Crippen LogP contribution is 2.37. The summed E-state index contributed by atoms with van der Waals surface area (Å²) in [6.07, 6.45) is 4.88. The monoisotopic (exact) mass is 508 g/mol. The molecule has 3 aromatic rings. The first kappa shape index (κ1) is 24.3. The van der Waals surface area contributed by atoms with Crippen molar-refractivity contribution < 1.29 is 27.1 Å². The van der Waals surface area contributed by atoms with Gasteiger partial charge >= 0.3 is 5.97 Å². The quantitative estimate of drug-likeness (QED) is 0.461. The third-order valence-corrected chi connectivity index (χ3v) is 7.58. The van der Waals surface area contributed by atoms with Gasteiger partial charge in [0.15, 0.2) is 0 Å². The fraction of sp³-hybridized carbons (Fsp3) is 0.409. The van der Waals surface area contributed by atoms with Gasteiger partial charge in [0, 0.05) is 12.1 Å². The maximum atomic E-state index is 14.1. The Labute approximate surface area is 200 Å². The molecule has 0 amide bonds. The van der Waals surface area contributed by atoms with Gasteiger partial charge in [-0.1, -0.05) is 0 Å². The van der Waals surface area contributed by atoms with E-state index in [9.17, 15) is 17.6 Å². The Bertz CT molecular complexity index is 1320. The minimum absolute atomic E-state index is 0.125. The van der Waals surface area contributed by atoms with Crippen LogP contribution in [0.15, 0.2) is 24.5 Å². The van der Waals surface area contributed by atoms with Gasteiger partial charge in [-0.2, -0.15) is 0 Å². The molecule has 34 heavy (non-hydrogen) atoms. The topological polar surface area (TPSA) is 120 Å². The molecule has 4 rings (SSSR count). The van der Waals surface area contributed by atoms with Crippen LogP contribution in [0.4, 0.5) is 15.9 Å². The highest BCUT2D eigenvalue weighted by atomic mass is 32.2.